The van der Waals surface area contributed by atoms with Crippen molar-refractivity contribution in [2.45, 2.75) is 31.3 Å². The smallest absolute Gasteiger partial charge is 0.261 e. The molecule has 0 spiro atoms. The lowest BCUT2D eigenvalue weighted by atomic mass is 10.1. The lowest BCUT2D eigenvalue weighted by molar-refractivity contribution is -0.135. The van der Waals surface area contributed by atoms with Crippen LogP contribution in [0, 0.1) is 0 Å². The van der Waals surface area contributed by atoms with Crippen molar-refractivity contribution < 1.29 is 17.9 Å². The topological polar surface area (TPSA) is 63.7 Å². The standard InChI is InChI=1S/C19H21NO4S/c21-19(20(15-8-9-15)16-10-11-25(22,23)13-16)12-24-18-7-3-5-14-4-1-2-6-17(14)18/h1-7,15-16H,8-13H2/t16-/m1/s1. The third-order valence-electron chi connectivity index (χ3n) is 4.93. The average Bonchev–Trinajstić information content (AvgIpc) is 3.36. The zero-order valence-corrected chi connectivity index (χ0v) is 14.7. The van der Waals surface area contributed by atoms with E-state index in [9.17, 15) is 13.2 Å². The summed E-state index contributed by atoms with van der Waals surface area (Å²) in [5.74, 6) is 0.834. The van der Waals surface area contributed by atoms with Crippen molar-refractivity contribution in [2.75, 3.05) is 18.1 Å². The van der Waals surface area contributed by atoms with Gasteiger partial charge in [-0.05, 0) is 30.7 Å². The zero-order valence-electron chi connectivity index (χ0n) is 13.9. The molecule has 2 aromatic rings. The van der Waals surface area contributed by atoms with Crippen LogP contribution >= 0.6 is 0 Å². The van der Waals surface area contributed by atoms with Gasteiger partial charge in [-0.15, -0.1) is 0 Å². The van der Waals surface area contributed by atoms with Crippen molar-refractivity contribution in [1.82, 2.24) is 4.90 Å². The van der Waals surface area contributed by atoms with Crippen molar-refractivity contribution in [3.63, 3.8) is 0 Å². The second-order valence-corrected chi connectivity index (χ2v) is 9.08. The van der Waals surface area contributed by atoms with E-state index < -0.39 is 9.84 Å². The van der Waals surface area contributed by atoms with Gasteiger partial charge in [0.05, 0.1) is 11.5 Å². The van der Waals surface area contributed by atoms with Gasteiger partial charge in [-0.2, -0.15) is 0 Å². The molecule has 1 saturated carbocycles. The summed E-state index contributed by atoms with van der Waals surface area (Å²) >= 11 is 0. The Morgan fingerprint density at radius 1 is 1.04 bits per heavy atom. The van der Waals surface area contributed by atoms with E-state index in [0.717, 1.165) is 23.6 Å². The van der Waals surface area contributed by atoms with Crippen molar-refractivity contribution >= 4 is 26.5 Å². The van der Waals surface area contributed by atoms with Gasteiger partial charge in [0, 0.05) is 17.5 Å². The van der Waals surface area contributed by atoms with Gasteiger partial charge >= 0.3 is 0 Å². The maximum atomic E-state index is 12.7. The Bertz CT molecular complexity index is 899. The minimum atomic E-state index is -3.01. The van der Waals surface area contributed by atoms with Crippen LogP contribution in [0.2, 0.25) is 0 Å². The molecule has 0 bridgehead atoms. The van der Waals surface area contributed by atoms with Crippen molar-refractivity contribution in [2.24, 2.45) is 0 Å². The molecule has 2 aromatic carbocycles. The number of amides is 1. The van der Waals surface area contributed by atoms with Crippen LogP contribution in [0.25, 0.3) is 10.8 Å². The minimum Gasteiger partial charge on any atom is -0.483 e. The van der Waals surface area contributed by atoms with Gasteiger partial charge in [0.1, 0.15) is 5.75 Å². The Kier molecular flexibility index (Phi) is 4.15. The number of ether oxygens (including phenoxy) is 1. The van der Waals surface area contributed by atoms with Crippen LogP contribution in [0.3, 0.4) is 0 Å². The van der Waals surface area contributed by atoms with Crippen LogP contribution in [-0.4, -0.2) is 49.4 Å². The van der Waals surface area contributed by atoms with E-state index in [1.807, 2.05) is 42.5 Å². The first-order valence-electron chi connectivity index (χ1n) is 8.66. The molecule has 1 aliphatic carbocycles. The van der Waals surface area contributed by atoms with E-state index in [1.165, 1.54) is 0 Å². The monoisotopic (exact) mass is 359 g/mol. The third kappa shape index (κ3) is 3.49. The summed E-state index contributed by atoms with van der Waals surface area (Å²) in [7, 11) is -3.01. The Morgan fingerprint density at radius 3 is 2.52 bits per heavy atom. The molecule has 2 aliphatic rings. The van der Waals surface area contributed by atoms with Crippen molar-refractivity contribution in [3.8, 4) is 5.75 Å². The van der Waals surface area contributed by atoms with E-state index >= 15 is 0 Å². The Balaban J connectivity index is 1.48. The van der Waals surface area contributed by atoms with Crippen LogP contribution in [0.1, 0.15) is 19.3 Å². The average molecular weight is 359 g/mol. The molecule has 2 fully saturated rings. The molecule has 0 unspecified atom stereocenters. The Labute approximate surface area is 147 Å². The van der Waals surface area contributed by atoms with Gasteiger partial charge in [-0.25, -0.2) is 8.42 Å². The molecule has 0 N–H and O–H groups in total. The number of rotatable bonds is 5. The fraction of sp³-hybridized carbons (Fsp3) is 0.421. The highest BCUT2D eigenvalue weighted by Crippen LogP contribution is 2.32. The van der Waals surface area contributed by atoms with Crippen LogP contribution in [0.5, 0.6) is 5.75 Å². The van der Waals surface area contributed by atoms with Gasteiger partial charge in [0.25, 0.3) is 5.91 Å². The van der Waals surface area contributed by atoms with Crippen molar-refractivity contribution in [1.29, 1.82) is 0 Å². The SMILES string of the molecule is O=C(COc1cccc2ccccc12)N(C1CC1)[C@@H]1CCS(=O)(=O)C1. The largest absolute Gasteiger partial charge is 0.483 e. The second-order valence-electron chi connectivity index (χ2n) is 6.86. The van der Waals surface area contributed by atoms with E-state index in [1.54, 1.807) is 4.90 Å². The maximum Gasteiger partial charge on any atom is 0.261 e. The lowest BCUT2D eigenvalue weighted by Crippen LogP contribution is -2.45. The summed E-state index contributed by atoms with van der Waals surface area (Å²) in [4.78, 5) is 14.5. The number of sulfone groups is 1. The van der Waals surface area contributed by atoms with Gasteiger partial charge in [0.2, 0.25) is 0 Å². The molecule has 4 rings (SSSR count). The molecule has 0 aromatic heterocycles. The lowest BCUT2D eigenvalue weighted by Gasteiger charge is -2.28. The number of fused-ring (bicyclic) bond motifs is 1. The molecule has 6 heteroatoms. The molecule has 5 nitrogen and oxygen atoms in total. The molecule has 1 heterocycles. The summed E-state index contributed by atoms with van der Waals surface area (Å²) < 4.78 is 29.3. The minimum absolute atomic E-state index is 0.0545. The highest BCUT2D eigenvalue weighted by atomic mass is 32.2. The van der Waals surface area contributed by atoms with Gasteiger partial charge in [-0.1, -0.05) is 36.4 Å². The quantitative estimate of drug-likeness (QED) is 0.822. The van der Waals surface area contributed by atoms with E-state index in [-0.39, 0.29) is 36.1 Å². The number of carbonyl (C=O) groups is 1. The molecule has 0 radical (unpaired) electrons. The highest BCUT2D eigenvalue weighted by Gasteiger charge is 2.42. The van der Waals surface area contributed by atoms with Crippen LogP contribution in [0.15, 0.2) is 42.5 Å². The second kappa shape index (κ2) is 6.33. The fourth-order valence-electron chi connectivity index (χ4n) is 3.59. The van der Waals surface area contributed by atoms with Crippen LogP contribution in [-0.2, 0) is 14.6 Å². The fourth-order valence-corrected chi connectivity index (χ4v) is 5.30. The number of benzene rings is 2. The summed E-state index contributed by atoms with van der Waals surface area (Å²) in [6.07, 6.45) is 2.45. The summed E-state index contributed by atoms with van der Waals surface area (Å²) in [5, 5.41) is 2.03. The van der Waals surface area contributed by atoms with Crippen LogP contribution in [0.4, 0.5) is 0 Å². The molecule has 1 atom stereocenters. The summed E-state index contributed by atoms with van der Waals surface area (Å²) in [6.45, 7) is -0.0545. The first-order valence-corrected chi connectivity index (χ1v) is 10.5. The predicted octanol–water partition coefficient (Wildman–Crippen LogP) is 2.40. The Morgan fingerprint density at radius 2 is 1.80 bits per heavy atom. The Hall–Kier alpha value is -2.08. The number of hydrogen-bond donors (Lipinski definition) is 0. The van der Waals surface area contributed by atoms with Gasteiger partial charge in [0.15, 0.2) is 16.4 Å². The summed E-state index contributed by atoms with van der Waals surface area (Å²) in [6, 6.07) is 13.6. The first-order chi connectivity index (χ1) is 12.0. The first kappa shape index (κ1) is 16.4. The van der Waals surface area contributed by atoms with E-state index in [2.05, 4.69) is 0 Å². The van der Waals surface area contributed by atoms with Gasteiger partial charge in [-0.3, -0.25) is 4.79 Å². The molecular weight excluding hydrogens is 338 g/mol. The number of hydrogen-bond acceptors (Lipinski definition) is 4. The highest BCUT2D eigenvalue weighted by molar-refractivity contribution is 7.91. The molecule has 132 valence electrons. The summed E-state index contributed by atoms with van der Waals surface area (Å²) in [5.41, 5.74) is 0. The number of nitrogens with zero attached hydrogens (tertiary/aromatic N) is 1. The van der Waals surface area contributed by atoms with Gasteiger partial charge < -0.3 is 9.64 Å². The third-order valence-corrected chi connectivity index (χ3v) is 6.68. The zero-order chi connectivity index (χ0) is 17.4. The molecule has 1 aliphatic heterocycles. The van der Waals surface area contributed by atoms with E-state index in [4.69, 9.17) is 4.74 Å². The molecular formula is C19H21NO4S. The predicted molar refractivity (Wildman–Crippen MR) is 96.4 cm³/mol. The van der Waals surface area contributed by atoms with Crippen molar-refractivity contribution in [3.05, 3.63) is 42.5 Å². The maximum absolute atomic E-state index is 12.7. The molecule has 1 saturated heterocycles. The molecule has 25 heavy (non-hydrogen) atoms. The normalized spacial score (nSPS) is 22.0. The van der Waals surface area contributed by atoms with E-state index in [0.29, 0.717) is 12.2 Å². The molecule has 1 amide bonds. The van der Waals surface area contributed by atoms with Crippen LogP contribution < -0.4 is 4.74 Å². The number of carbonyl (C=O) groups excluding carboxylic acids is 1.